The molecule has 21 heavy (non-hydrogen) atoms. The van der Waals surface area contributed by atoms with Crippen LogP contribution in [-0.4, -0.2) is 23.1 Å². The zero-order chi connectivity index (χ0) is 15.2. The van der Waals surface area contributed by atoms with Crippen molar-refractivity contribution in [1.29, 1.82) is 0 Å². The Labute approximate surface area is 124 Å². The van der Waals surface area contributed by atoms with Crippen molar-refractivity contribution < 1.29 is 9.90 Å². The highest BCUT2D eigenvalue weighted by molar-refractivity contribution is 5.86. The van der Waals surface area contributed by atoms with Crippen LogP contribution < -0.4 is 4.90 Å². The van der Waals surface area contributed by atoms with Gasteiger partial charge in [0.25, 0.3) is 0 Å². The first-order valence-electron chi connectivity index (χ1n) is 6.69. The van der Waals surface area contributed by atoms with Crippen molar-refractivity contribution in [2.45, 2.75) is 13.5 Å². The average Bonchev–Trinajstić information content (AvgIpc) is 2.47. The number of aliphatic carboxylic acids is 1. The lowest BCUT2D eigenvalue weighted by atomic mass is 10.1. The topological polar surface area (TPSA) is 53.4 Å². The summed E-state index contributed by atoms with van der Waals surface area (Å²) >= 11 is 0. The number of carbonyl (C=O) groups is 1. The van der Waals surface area contributed by atoms with Crippen LogP contribution in [-0.2, 0) is 11.3 Å². The quantitative estimate of drug-likeness (QED) is 0.856. The largest absolute Gasteiger partial charge is 0.478 e. The first-order chi connectivity index (χ1) is 10.1. The van der Waals surface area contributed by atoms with Crippen molar-refractivity contribution in [2.75, 3.05) is 11.9 Å². The summed E-state index contributed by atoms with van der Waals surface area (Å²) < 4.78 is 0. The van der Waals surface area contributed by atoms with Gasteiger partial charge in [0.2, 0.25) is 0 Å². The first kappa shape index (κ1) is 14.8. The Morgan fingerprint density at radius 1 is 1.29 bits per heavy atom. The van der Waals surface area contributed by atoms with Gasteiger partial charge >= 0.3 is 5.97 Å². The smallest absolute Gasteiger partial charge is 0.328 e. The predicted octanol–water partition coefficient (Wildman–Crippen LogP) is 3.12. The summed E-state index contributed by atoms with van der Waals surface area (Å²) in [5.41, 5.74) is 3.20. The number of rotatable bonds is 5. The number of nitrogens with zero attached hydrogens (tertiary/aromatic N) is 2. The average molecular weight is 282 g/mol. The maximum Gasteiger partial charge on any atom is 0.328 e. The Morgan fingerprint density at radius 2 is 2.00 bits per heavy atom. The summed E-state index contributed by atoms with van der Waals surface area (Å²) in [6.07, 6.45) is 4.40. The molecule has 0 saturated heterocycles. The van der Waals surface area contributed by atoms with Crippen LogP contribution in [0.1, 0.15) is 16.7 Å². The van der Waals surface area contributed by atoms with Gasteiger partial charge in [-0.05, 0) is 30.7 Å². The second kappa shape index (κ2) is 6.70. The Balaban J connectivity index is 2.20. The first-order valence-corrected chi connectivity index (χ1v) is 6.69. The van der Waals surface area contributed by atoms with Gasteiger partial charge in [0.1, 0.15) is 5.82 Å². The second-order valence-electron chi connectivity index (χ2n) is 4.93. The molecule has 0 spiro atoms. The summed E-state index contributed by atoms with van der Waals surface area (Å²) in [7, 11) is 1.94. The molecule has 0 aliphatic carbocycles. The number of carboxylic acid groups (broad SMARTS) is 1. The van der Waals surface area contributed by atoms with E-state index in [1.54, 1.807) is 18.3 Å². The summed E-state index contributed by atoms with van der Waals surface area (Å²) in [4.78, 5) is 17.0. The van der Waals surface area contributed by atoms with Gasteiger partial charge in [0, 0.05) is 31.4 Å². The number of hydrogen-bond donors (Lipinski definition) is 1. The number of pyridine rings is 1. The van der Waals surface area contributed by atoms with Crippen LogP contribution >= 0.6 is 0 Å². The van der Waals surface area contributed by atoms with Crippen LogP contribution in [0.3, 0.4) is 0 Å². The Morgan fingerprint density at radius 3 is 2.67 bits per heavy atom. The van der Waals surface area contributed by atoms with Gasteiger partial charge in [0.05, 0.1) is 0 Å². The van der Waals surface area contributed by atoms with Crippen molar-refractivity contribution >= 4 is 17.9 Å². The summed E-state index contributed by atoms with van der Waals surface area (Å²) in [6.45, 7) is 2.77. The van der Waals surface area contributed by atoms with Gasteiger partial charge in [-0.2, -0.15) is 0 Å². The fourth-order valence-electron chi connectivity index (χ4n) is 2.06. The minimum absolute atomic E-state index is 0.713. The summed E-state index contributed by atoms with van der Waals surface area (Å²) in [5.74, 6) is -0.207. The third kappa shape index (κ3) is 4.18. The molecule has 1 aromatic carbocycles. The Kier molecular flexibility index (Phi) is 4.72. The molecular weight excluding hydrogens is 264 g/mol. The highest BCUT2D eigenvalue weighted by atomic mass is 16.4. The zero-order valence-electron chi connectivity index (χ0n) is 12.2. The minimum Gasteiger partial charge on any atom is -0.478 e. The molecule has 0 aliphatic rings. The lowest BCUT2D eigenvalue weighted by molar-refractivity contribution is -0.131. The lowest BCUT2D eigenvalue weighted by Gasteiger charge is -2.20. The molecule has 108 valence electrons. The number of carboxylic acids is 1. The van der Waals surface area contributed by atoms with E-state index in [0.717, 1.165) is 17.5 Å². The maximum atomic E-state index is 10.7. The molecule has 0 amide bonds. The molecule has 0 fully saturated rings. The lowest BCUT2D eigenvalue weighted by Crippen LogP contribution is -2.18. The van der Waals surface area contributed by atoms with Crippen LogP contribution in [0.15, 0.2) is 48.7 Å². The number of benzene rings is 1. The van der Waals surface area contributed by atoms with Crippen LogP contribution in [0.5, 0.6) is 0 Å². The molecule has 2 aromatic rings. The van der Waals surface area contributed by atoms with Crippen LogP contribution in [0.4, 0.5) is 5.82 Å². The van der Waals surface area contributed by atoms with E-state index in [0.29, 0.717) is 6.54 Å². The molecule has 2 rings (SSSR count). The van der Waals surface area contributed by atoms with Crippen molar-refractivity contribution in [1.82, 2.24) is 4.98 Å². The molecule has 0 atom stereocenters. The Bertz CT molecular complexity index is 648. The molecule has 0 saturated carbocycles. The fraction of sp³-hybridized carbons (Fsp3) is 0.176. The normalized spacial score (nSPS) is 10.8. The molecule has 0 radical (unpaired) electrons. The number of aromatic nitrogens is 1. The molecule has 1 aromatic heterocycles. The highest BCUT2D eigenvalue weighted by Gasteiger charge is 2.07. The van der Waals surface area contributed by atoms with Gasteiger partial charge in [-0.1, -0.05) is 29.8 Å². The molecule has 0 aliphatic heterocycles. The van der Waals surface area contributed by atoms with Crippen molar-refractivity contribution in [3.05, 3.63) is 65.4 Å². The molecule has 4 nitrogen and oxygen atoms in total. The highest BCUT2D eigenvalue weighted by Crippen LogP contribution is 2.19. The molecule has 1 N–H and O–H groups in total. The standard InChI is InChI=1S/C17H18N2O2/c1-13-5-7-14(8-6-13)12-19(2)17-15(4-3-11-18-17)9-10-16(20)21/h3-11H,12H2,1-2H3,(H,20,21)/b10-9+. The van der Waals surface area contributed by atoms with Crippen molar-refractivity contribution in [3.63, 3.8) is 0 Å². The van der Waals surface area contributed by atoms with E-state index in [2.05, 4.69) is 36.2 Å². The van der Waals surface area contributed by atoms with E-state index in [1.165, 1.54) is 11.1 Å². The van der Waals surface area contributed by atoms with E-state index in [4.69, 9.17) is 5.11 Å². The van der Waals surface area contributed by atoms with Gasteiger partial charge in [0.15, 0.2) is 0 Å². The van der Waals surface area contributed by atoms with E-state index in [1.807, 2.05) is 18.0 Å². The molecular formula is C17H18N2O2. The van der Waals surface area contributed by atoms with E-state index >= 15 is 0 Å². The van der Waals surface area contributed by atoms with Gasteiger partial charge < -0.3 is 10.0 Å². The number of hydrogen-bond acceptors (Lipinski definition) is 3. The fourth-order valence-corrected chi connectivity index (χ4v) is 2.06. The number of aryl methyl sites for hydroxylation is 1. The molecule has 0 unspecified atom stereocenters. The molecule has 1 heterocycles. The SMILES string of the molecule is Cc1ccc(CN(C)c2ncccc2/C=C/C(=O)O)cc1. The van der Waals surface area contributed by atoms with Crippen LogP contribution in [0, 0.1) is 6.92 Å². The monoisotopic (exact) mass is 282 g/mol. The third-order valence-electron chi connectivity index (χ3n) is 3.12. The Hall–Kier alpha value is -2.62. The van der Waals surface area contributed by atoms with Gasteiger partial charge in [-0.25, -0.2) is 9.78 Å². The summed E-state index contributed by atoms with van der Waals surface area (Å²) in [6, 6.07) is 12.0. The van der Waals surface area contributed by atoms with E-state index in [-0.39, 0.29) is 0 Å². The van der Waals surface area contributed by atoms with Crippen LogP contribution in [0.2, 0.25) is 0 Å². The van der Waals surface area contributed by atoms with Gasteiger partial charge in [-0.3, -0.25) is 0 Å². The van der Waals surface area contributed by atoms with E-state index in [9.17, 15) is 4.79 Å². The molecule has 0 bridgehead atoms. The van der Waals surface area contributed by atoms with E-state index < -0.39 is 5.97 Å². The second-order valence-corrected chi connectivity index (χ2v) is 4.93. The zero-order valence-corrected chi connectivity index (χ0v) is 12.2. The van der Waals surface area contributed by atoms with Crippen molar-refractivity contribution in [2.24, 2.45) is 0 Å². The maximum absolute atomic E-state index is 10.7. The van der Waals surface area contributed by atoms with Gasteiger partial charge in [-0.15, -0.1) is 0 Å². The minimum atomic E-state index is -0.967. The predicted molar refractivity (Wildman–Crippen MR) is 84.2 cm³/mol. The van der Waals surface area contributed by atoms with Crippen LogP contribution in [0.25, 0.3) is 6.08 Å². The number of anilines is 1. The molecule has 4 heteroatoms. The third-order valence-corrected chi connectivity index (χ3v) is 3.12. The van der Waals surface area contributed by atoms with Crippen molar-refractivity contribution in [3.8, 4) is 0 Å². The summed E-state index contributed by atoms with van der Waals surface area (Å²) in [5, 5.41) is 8.74.